The highest BCUT2D eigenvalue weighted by Gasteiger charge is 2.39. The molecule has 0 aromatic heterocycles. The van der Waals surface area contributed by atoms with Crippen molar-refractivity contribution >= 4 is 11.6 Å². The summed E-state index contributed by atoms with van der Waals surface area (Å²) < 4.78 is 14.0. The van der Waals surface area contributed by atoms with Gasteiger partial charge in [0.25, 0.3) is 0 Å². The molecule has 118 valence electrons. The van der Waals surface area contributed by atoms with Gasteiger partial charge in [-0.05, 0) is 57.8 Å². The van der Waals surface area contributed by atoms with E-state index in [2.05, 4.69) is 24.2 Å². The first kappa shape index (κ1) is 16.7. The fourth-order valence-electron chi connectivity index (χ4n) is 3.31. The van der Waals surface area contributed by atoms with E-state index in [1.54, 1.807) is 12.1 Å². The van der Waals surface area contributed by atoms with Crippen LogP contribution < -0.4 is 11.3 Å². The Kier molecular flexibility index (Phi) is 5.60. The molecule has 0 aliphatic carbocycles. The minimum absolute atomic E-state index is 0.0463. The standard InChI is InChI=1S/C16H25ClFN3/c1-3-16(2,21-9-4-5-10-21)15(20-19)11-12-13(17)7-6-8-14(12)18/h6-8,15,20H,3-5,9-11,19H2,1-2H3. The number of hydrogen-bond donors (Lipinski definition) is 2. The molecular formula is C16H25ClFN3. The molecule has 3 N–H and O–H groups in total. The lowest BCUT2D eigenvalue weighted by Gasteiger charge is -2.44. The van der Waals surface area contributed by atoms with E-state index < -0.39 is 0 Å². The van der Waals surface area contributed by atoms with E-state index in [0.29, 0.717) is 17.0 Å². The molecule has 1 heterocycles. The summed E-state index contributed by atoms with van der Waals surface area (Å²) in [6, 6.07) is 4.77. The van der Waals surface area contributed by atoms with Gasteiger partial charge < -0.3 is 0 Å². The molecule has 1 fully saturated rings. The van der Waals surface area contributed by atoms with Gasteiger partial charge in [0.15, 0.2) is 0 Å². The molecule has 0 saturated carbocycles. The van der Waals surface area contributed by atoms with Crippen LogP contribution in [0.5, 0.6) is 0 Å². The van der Waals surface area contributed by atoms with Crippen LogP contribution in [0.3, 0.4) is 0 Å². The quantitative estimate of drug-likeness (QED) is 0.626. The van der Waals surface area contributed by atoms with Gasteiger partial charge in [-0.3, -0.25) is 16.2 Å². The Morgan fingerprint density at radius 1 is 1.43 bits per heavy atom. The minimum atomic E-state index is -0.261. The Hall–Kier alpha value is -0.680. The second-order valence-electron chi connectivity index (χ2n) is 6.03. The van der Waals surface area contributed by atoms with Gasteiger partial charge in [0.05, 0.1) is 0 Å². The Morgan fingerprint density at radius 2 is 2.10 bits per heavy atom. The SMILES string of the molecule is CCC(C)(C(Cc1c(F)cccc1Cl)NN)N1CCCC1. The number of hydrazine groups is 1. The summed E-state index contributed by atoms with van der Waals surface area (Å²) in [6.07, 6.45) is 3.87. The van der Waals surface area contributed by atoms with E-state index in [4.69, 9.17) is 17.4 Å². The van der Waals surface area contributed by atoms with Gasteiger partial charge in [0.2, 0.25) is 0 Å². The van der Waals surface area contributed by atoms with Gasteiger partial charge in [0.1, 0.15) is 5.82 Å². The van der Waals surface area contributed by atoms with Crippen LogP contribution in [0.4, 0.5) is 4.39 Å². The van der Waals surface area contributed by atoms with E-state index in [1.807, 2.05) is 0 Å². The molecular weight excluding hydrogens is 289 g/mol. The molecule has 1 aliphatic rings. The fraction of sp³-hybridized carbons (Fsp3) is 0.625. The van der Waals surface area contributed by atoms with Crippen molar-refractivity contribution in [2.75, 3.05) is 13.1 Å². The highest BCUT2D eigenvalue weighted by Crippen LogP contribution is 2.31. The van der Waals surface area contributed by atoms with E-state index in [9.17, 15) is 4.39 Å². The van der Waals surface area contributed by atoms with Crippen LogP contribution in [-0.4, -0.2) is 29.6 Å². The van der Waals surface area contributed by atoms with Crippen LogP contribution in [0.1, 0.15) is 38.7 Å². The number of nitrogens with zero attached hydrogens (tertiary/aromatic N) is 1. The molecule has 2 rings (SSSR count). The highest BCUT2D eigenvalue weighted by atomic mass is 35.5. The normalized spacial score (nSPS) is 20.4. The summed E-state index contributed by atoms with van der Waals surface area (Å²) >= 11 is 6.16. The van der Waals surface area contributed by atoms with Crippen LogP contribution in [-0.2, 0) is 6.42 Å². The first-order valence-corrected chi connectivity index (χ1v) is 8.04. The fourth-order valence-corrected chi connectivity index (χ4v) is 3.55. The molecule has 5 heteroatoms. The average Bonchev–Trinajstić information content (AvgIpc) is 3.01. The molecule has 1 aliphatic heterocycles. The number of nitrogens with two attached hydrogens (primary N) is 1. The van der Waals surface area contributed by atoms with E-state index in [1.165, 1.54) is 18.9 Å². The Morgan fingerprint density at radius 3 is 2.62 bits per heavy atom. The molecule has 1 aromatic carbocycles. The van der Waals surface area contributed by atoms with Gasteiger partial charge >= 0.3 is 0 Å². The topological polar surface area (TPSA) is 41.3 Å². The minimum Gasteiger partial charge on any atom is -0.296 e. The lowest BCUT2D eigenvalue weighted by atomic mass is 9.84. The zero-order chi connectivity index (χ0) is 15.5. The van der Waals surface area contributed by atoms with E-state index in [-0.39, 0.29) is 17.4 Å². The largest absolute Gasteiger partial charge is 0.296 e. The van der Waals surface area contributed by atoms with Crippen LogP contribution in [0.2, 0.25) is 5.02 Å². The van der Waals surface area contributed by atoms with Gasteiger partial charge in [0, 0.05) is 22.2 Å². The molecule has 0 spiro atoms. The highest BCUT2D eigenvalue weighted by molar-refractivity contribution is 6.31. The number of likely N-dealkylation sites (tertiary alicyclic amines) is 1. The molecule has 1 saturated heterocycles. The Bertz CT molecular complexity index is 456. The van der Waals surface area contributed by atoms with Crippen molar-refractivity contribution in [1.82, 2.24) is 10.3 Å². The molecule has 1 aromatic rings. The van der Waals surface area contributed by atoms with Crippen molar-refractivity contribution in [2.45, 2.75) is 51.1 Å². The summed E-state index contributed by atoms with van der Waals surface area (Å²) in [5.74, 6) is 5.55. The summed E-state index contributed by atoms with van der Waals surface area (Å²) in [5.41, 5.74) is 3.35. The predicted molar refractivity (Wildman–Crippen MR) is 85.7 cm³/mol. The monoisotopic (exact) mass is 313 g/mol. The van der Waals surface area contributed by atoms with Crippen LogP contribution in [0, 0.1) is 5.82 Å². The molecule has 0 radical (unpaired) electrons. The maximum Gasteiger partial charge on any atom is 0.127 e. The predicted octanol–water partition coefficient (Wildman–Crippen LogP) is 3.12. The maximum absolute atomic E-state index is 14.0. The van der Waals surface area contributed by atoms with Crippen LogP contribution >= 0.6 is 11.6 Å². The van der Waals surface area contributed by atoms with Crippen molar-refractivity contribution in [3.63, 3.8) is 0 Å². The second-order valence-corrected chi connectivity index (χ2v) is 6.44. The van der Waals surface area contributed by atoms with Gasteiger partial charge in [-0.25, -0.2) is 4.39 Å². The first-order valence-electron chi connectivity index (χ1n) is 7.67. The second kappa shape index (κ2) is 7.05. The van der Waals surface area contributed by atoms with Crippen LogP contribution in [0.25, 0.3) is 0 Å². The Labute approximate surface area is 131 Å². The maximum atomic E-state index is 14.0. The van der Waals surface area contributed by atoms with Crippen LogP contribution in [0.15, 0.2) is 18.2 Å². The van der Waals surface area contributed by atoms with Crippen molar-refractivity contribution < 1.29 is 4.39 Å². The smallest absolute Gasteiger partial charge is 0.127 e. The lowest BCUT2D eigenvalue weighted by Crippen LogP contribution is -2.61. The van der Waals surface area contributed by atoms with Gasteiger partial charge in [-0.2, -0.15) is 0 Å². The van der Waals surface area contributed by atoms with E-state index >= 15 is 0 Å². The molecule has 2 unspecified atom stereocenters. The summed E-state index contributed by atoms with van der Waals surface area (Å²) in [6.45, 7) is 6.52. The first-order chi connectivity index (χ1) is 10.0. The third kappa shape index (κ3) is 3.39. The number of rotatable bonds is 6. The lowest BCUT2D eigenvalue weighted by molar-refractivity contribution is 0.0837. The van der Waals surface area contributed by atoms with Crippen molar-refractivity contribution in [3.05, 3.63) is 34.6 Å². The van der Waals surface area contributed by atoms with Gasteiger partial charge in [-0.15, -0.1) is 0 Å². The molecule has 3 nitrogen and oxygen atoms in total. The van der Waals surface area contributed by atoms with Crippen molar-refractivity contribution in [2.24, 2.45) is 5.84 Å². The van der Waals surface area contributed by atoms with E-state index in [0.717, 1.165) is 19.5 Å². The third-order valence-electron chi connectivity index (χ3n) is 4.97. The number of benzene rings is 1. The summed E-state index contributed by atoms with van der Waals surface area (Å²) in [7, 11) is 0. The number of halogens is 2. The molecule has 21 heavy (non-hydrogen) atoms. The number of hydrogen-bond acceptors (Lipinski definition) is 3. The van der Waals surface area contributed by atoms with Crippen molar-refractivity contribution in [1.29, 1.82) is 0 Å². The van der Waals surface area contributed by atoms with Gasteiger partial charge in [-0.1, -0.05) is 24.6 Å². The third-order valence-corrected chi connectivity index (χ3v) is 5.32. The average molecular weight is 314 g/mol. The number of nitrogens with one attached hydrogen (secondary N) is 1. The zero-order valence-electron chi connectivity index (χ0n) is 12.8. The molecule has 2 atom stereocenters. The molecule has 0 amide bonds. The van der Waals surface area contributed by atoms with Crippen molar-refractivity contribution in [3.8, 4) is 0 Å². The zero-order valence-corrected chi connectivity index (χ0v) is 13.6. The molecule has 0 bridgehead atoms. The summed E-state index contributed by atoms with van der Waals surface area (Å²) in [5, 5.41) is 0.468. The Balaban J connectivity index is 2.25. The summed E-state index contributed by atoms with van der Waals surface area (Å²) in [4.78, 5) is 2.46.